The van der Waals surface area contributed by atoms with Crippen molar-refractivity contribution in [2.45, 2.75) is 43.7 Å². The summed E-state index contributed by atoms with van der Waals surface area (Å²) in [4.78, 5) is 12.5. The molecule has 0 saturated carbocycles. The third kappa shape index (κ3) is 5.33. The zero-order valence-electron chi connectivity index (χ0n) is 16.4. The van der Waals surface area contributed by atoms with E-state index in [1.807, 2.05) is 0 Å². The van der Waals surface area contributed by atoms with Crippen LogP contribution in [0, 0.1) is 11.7 Å². The first-order valence-corrected chi connectivity index (χ1v) is 11.0. The van der Waals surface area contributed by atoms with Gasteiger partial charge in [0.1, 0.15) is 5.82 Å². The normalized spacial score (nSPS) is 19.7. The predicted octanol–water partition coefficient (Wildman–Crippen LogP) is 3.56. The second-order valence-corrected chi connectivity index (χ2v) is 9.14. The van der Waals surface area contributed by atoms with Gasteiger partial charge < -0.3 is 10.1 Å². The van der Waals surface area contributed by atoms with E-state index in [0.29, 0.717) is 18.9 Å². The lowest BCUT2D eigenvalue weighted by atomic mass is 9.95. The van der Waals surface area contributed by atoms with Crippen LogP contribution in [0.1, 0.15) is 37.0 Å². The number of benzene rings is 2. The molecular formula is C21H25FN2O4S. The van der Waals surface area contributed by atoms with Crippen LogP contribution in [-0.4, -0.2) is 33.1 Å². The van der Waals surface area contributed by atoms with E-state index in [-0.39, 0.29) is 34.2 Å². The van der Waals surface area contributed by atoms with Crippen LogP contribution in [0.15, 0.2) is 53.4 Å². The third-order valence-corrected chi connectivity index (χ3v) is 6.28. The van der Waals surface area contributed by atoms with Gasteiger partial charge in [0.15, 0.2) is 0 Å². The van der Waals surface area contributed by atoms with Crippen LogP contribution >= 0.6 is 0 Å². The van der Waals surface area contributed by atoms with E-state index in [0.717, 1.165) is 6.42 Å². The van der Waals surface area contributed by atoms with Crippen molar-refractivity contribution in [3.8, 4) is 0 Å². The molecule has 1 aliphatic heterocycles. The standard InChI is InChI=1S/C21H25FN2O4S/c1-14(2)20-13-16(10-11-28-20)23-21(25)15-6-5-7-17(12-15)29(26,27)24-19-9-4-3-8-18(19)22/h3-9,12,14,16,20,24H,10-11,13H2,1-2H3,(H,23,25)/t16-,20+/m0/s1. The maximum Gasteiger partial charge on any atom is 0.262 e. The number of rotatable bonds is 6. The molecule has 6 nitrogen and oxygen atoms in total. The Hall–Kier alpha value is -2.45. The van der Waals surface area contributed by atoms with Crippen molar-refractivity contribution in [1.29, 1.82) is 0 Å². The SMILES string of the molecule is CC(C)[C@H]1C[C@@H](NC(=O)c2cccc(S(=O)(=O)Nc3ccccc3F)c2)CCO1. The van der Waals surface area contributed by atoms with Crippen LogP contribution in [0.25, 0.3) is 0 Å². The molecule has 0 spiro atoms. The summed E-state index contributed by atoms with van der Waals surface area (Å²) in [7, 11) is -4.03. The van der Waals surface area contributed by atoms with E-state index in [1.54, 1.807) is 6.07 Å². The summed E-state index contributed by atoms with van der Waals surface area (Å²) in [6.07, 6.45) is 1.52. The summed E-state index contributed by atoms with van der Waals surface area (Å²) < 4.78 is 46.9. The van der Waals surface area contributed by atoms with E-state index >= 15 is 0 Å². The molecule has 29 heavy (non-hydrogen) atoms. The van der Waals surface area contributed by atoms with Gasteiger partial charge in [-0.3, -0.25) is 9.52 Å². The van der Waals surface area contributed by atoms with E-state index in [4.69, 9.17) is 4.74 Å². The highest BCUT2D eigenvalue weighted by atomic mass is 32.2. The molecule has 8 heteroatoms. The largest absolute Gasteiger partial charge is 0.378 e. The van der Waals surface area contributed by atoms with Gasteiger partial charge in [0, 0.05) is 18.2 Å². The highest BCUT2D eigenvalue weighted by Gasteiger charge is 2.26. The molecule has 0 unspecified atom stereocenters. The fraction of sp³-hybridized carbons (Fsp3) is 0.381. The molecule has 0 bridgehead atoms. The number of ether oxygens (including phenoxy) is 1. The molecule has 2 aromatic rings. The Balaban J connectivity index is 1.73. The molecule has 0 radical (unpaired) electrons. The highest BCUT2D eigenvalue weighted by molar-refractivity contribution is 7.92. The Kier molecular flexibility index (Phi) is 6.54. The van der Waals surface area contributed by atoms with Gasteiger partial charge in [-0.1, -0.05) is 32.0 Å². The smallest absolute Gasteiger partial charge is 0.262 e. The number of hydrogen-bond donors (Lipinski definition) is 2. The Labute approximate surface area is 170 Å². The fourth-order valence-corrected chi connectivity index (χ4v) is 4.36. The number of carbonyl (C=O) groups is 1. The zero-order valence-corrected chi connectivity index (χ0v) is 17.2. The number of halogens is 1. The van der Waals surface area contributed by atoms with Crippen molar-refractivity contribution in [3.63, 3.8) is 0 Å². The lowest BCUT2D eigenvalue weighted by Crippen LogP contribution is -2.43. The molecule has 2 N–H and O–H groups in total. The number of para-hydroxylation sites is 1. The van der Waals surface area contributed by atoms with Crippen LogP contribution in [0.3, 0.4) is 0 Å². The molecule has 2 atom stereocenters. The Morgan fingerprint density at radius 3 is 2.66 bits per heavy atom. The Morgan fingerprint density at radius 2 is 1.93 bits per heavy atom. The molecule has 1 aliphatic rings. The molecule has 1 saturated heterocycles. The van der Waals surface area contributed by atoms with Gasteiger partial charge in [0.05, 0.1) is 16.7 Å². The van der Waals surface area contributed by atoms with E-state index < -0.39 is 15.8 Å². The lowest BCUT2D eigenvalue weighted by Gasteiger charge is -2.32. The monoisotopic (exact) mass is 420 g/mol. The van der Waals surface area contributed by atoms with Gasteiger partial charge in [-0.15, -0.1) is 0 Å². The molecule has 2 aromatic carbocycles. The number of nitrogens with one attached hydrogen (secondary N) is 2. The minimum atomic E-state index is -4.03. The molecule has 0 aromatic heterocycles. The maximum atomic E-state index is 13.8. The first kappa shape index (κ1) is 21.3. The lowest BCUT2D eigenvalue weighted by molar-refractivity contribution is -0.0233. The molecule has 1 fully saturated rings. The van der Waals surface area contributed by atoms with Gasteiger partial charge in [0.25, 0.3) is 15.9 Å². The van der Waals surface area contributed by atoms with Crippen LogP contribution in [-0.2, 0) is 14.8 Å². The fourth-order valence-electron chi connectivity index (χ4n) is 3.24. The van der Waals surface area contributed by atoms with Gasteiger partial charge in [-0.25, -0.2) is 12.8 Å². The maximum absolute atomic E-state index is 13.8. The topological polar surface area (TPSA) is 84.5 Å². The van der Waals surface area contributed by atoms with Crippen molar-refractivity contribution in [2.24, 2.45) is 5.92 Å². The van der Waals surface area contributed by atoms with E-state index in [9.17, 15) is 17.6 Å². The van der Waals surface area contributed by atoms with Crippen LogP contribution < -0.4 is 10.0 Å². The summed E-state index contributed by atoms with van der Waals surface area (Å²) >= 11 is 0. The number of carbonyl (C=O) groups excluding carboxylic acids is 1. The Bertz CT molecular complexity index is 978. The number of hydrogen-bond acceptors (Lipinski definition) is 4. The summed E-state index contributed by atoms with van der Waals surface area (Å²) in [5.74, 6) is -0.667. The molecular weight excluding hydrogens is 395 g/mol. The highest BCUT2D eigenvalue weighted by Crippen LogP contribution is 2.22. The number of anilines is 1. The van der Waals surface area contributed by atoms with Crippen LogP contribution in [0.2, 0.25) is 0 Å². The molecule has 0 aliphatic carbocycles. The summed E-state index contributed by atoms with van der Waals surface area (Å²) in [6, 6.07) is 11.2. The number of sulfonamides is 1. The van der Waals surface area contributed by atoms with Crippen molar-refractivity contribution >= 4 is 21.6 Å². The van der Waals surface area contributed by atoms with Gasteiger partial charge in [0.2, 0.25) is 0 Å². The van der Waals surface area contributed by atoms with Gasteiger partial charge in [-0.05, 0) is 49.1 Å². The quantitative estimate of drug-likeness (QED) is 0.748. The average molecular weight is 421 g/mol. The molecule has 3 rings (SSSR count). The minimum absolute atomic E-state index is 0.0274. The van der Waals surface area contributed by atoms with Crippen molar-refractivity contribution in [2.75, 3.05) is 11.3 Å². The van der Waals surface area contributed by atoms with E-state index in [2.05, 4.69) is 23.9 Å². The summed E-state index contributed by atoms with van der Waals surface area (Å²) in [5, 5.41) is 2.96. The van der Waals surface area contributed by atoms with Gasteiger partial charge in [-0.2, -0.15) is 0 Å². The number of amides is 1. The van der Waals surface area contributed by atoms with Crippen LogP contribution in [0.5, 0.6) is 0 Å². The van der Waals surface area contributed by atoms with Crippen molar-refractivity contribution < 1.29 is 22.3 Å². The average Bonchev–Trinajstić information content (AvgIpc) is 2.70. The van der Waals surface area contributed by atoms with E-state index in [1.165, 1.54) is 42.5 Å². The Morgan fingerprint density at radius 1 is 1.17 bits per heavy atom. The van der Waals surface area contributed by atoms with Crippen molar-refractivity contribution in [1.82, 2.24) is 5.32 Å². The second-order valence-electron chi connectivity index (χ2n) is 7.46. The first-order chi connectivity index (χ1) is 13.8. The minimum Gasteiger partial charge on any atom is -0.378 e. The predicted molar refractivity (Wildman–Crippen MR) is 109 cm³/mol. The zero-order chi connectivity index (χ0) is 21.0. The second kappa shape index (κ2) is 8.92. The summed E-state index contributed by atoms with van der Waals surface area (Å²) in [6.45, 7) is 4.73. The summed E-state index contributed by atoms with van der Waals surface area (Å²) in [5.41, 5.74) is 0.0817. The first-order valence-electron chi connectivity index (χ1n) is 9.56. The molecule has 156 valence electrons. The van der Waals surface area contributed by atoms with Crippen LogP contribution in [0.4, 0.5) is 10.1 Å². The third-order valence-electron chi connectivity index (χ3n) is 4.92. The van der Waals surface area contributed by atoms with Gasteiger partial charge >= 0.3 is 0 Å². The molecule has 1 amide bonds. The molecule has 1 heterocycles. The van der Waals surface area contributed by atoms with Crippen molar-refractivity contribution in [3.05, 3.63) is 59.9 Å².